The van der Waals surface area contributed by atoms with Crippen molar-refractivity contribution < 1.29 is 27.5 Å². The second-order valence-corrected chi connectivity index (χ2v) is 2.50. The van der Waals surface area contributed by atoms with Gasteiger partial charge < -0.3 is 5.11 Å². The van der Waals surface area contributed by atoms with E-state index in [2.05, 4.69) is 0 Å². The number of halogens is 4. The van der Waals surface area contributed by atoms with Gasteiger partial charge in [0.1, 0.15) is 5.82 Å². The number of carboxylic acid groups (broad SMARTS) is 1. The number of benzene rings is 1. The quantitative estimate of drug-likeness (QED) is 0.594. The SMILES string of the molecule is O=C(O)c1ccc(F)c(C(F)(F)F)c1.[Na]. The van der Waals surface area contributed by atoms with Crippen LogP contribution in [-0.4, -0.2) is 40.6 Å². The Morgan fingerprint density at radius 3 is 2.20 bits per heavy atom. The standard InChI is InChI=1S/C8H4F4O2.Na/c9-6-2-1-4(7(13)14)3-5(6)8(10,11)12;/h1-3H,(H,13,14);. The second-order valence-electron chi connectivity index (χ2n) is 2.50. The maximum atomic E-state index is 12.6. The third-order valence-electron chi connectivity index (χ3n) is 1.52. The van der Waals surface area contributed by atoms with E-state index in [1.54, 1.807) is 0 Å². The Morgan fingerprint density at radius 2 is 1.80 bits per heavy atom. The molecule has 0 aromatic heterocycles. The molecule has 0 unspecified atom stereocenters. The van der Waals surface area contributed by atoms with Gasteiger partial charge >= 0.3 is 12.1 Å². The van der Waals surface area contributed by atoms with Crippen LogP contribution in [0.25, 0.3) is 0 Å². The summed E-state index contributed by atoms with van der Waals surface area (Å²) in [5.41, 5.74) is -2.17. The van der Waals surface area contributed by atoms with E-state index in [0.717, 1.165) is 6.07 Å². The molecule has 0 amide bonds. The van der Waals surface area contributed by atoms with Crippen molar-refractivity contribution in [3.63, 3.8) is 0 Å². The molecule has 1 aromatic rings. The summed E-state index contributed by atoms with van der Waals surface area (Å²) in [7, 11) is 0. The average molecular weight is 231 g/mol. The fourth-order valence-corrected chi connectivity index (χ4v) is 0.876. The normalized spacial score (nSPS) is 10.7. The first-order valence-corrected chi connectivity index (χ1v) is 3.42. The molecule has 0 bridgehead atoms. The van der Waals surface area contributed by atoms with Crippen LogP contribution in [0.15, 0.2) is 18.2 Å². The molecule has 0 saturated carbocycles. The Balaban J connectivity index is 0.00000196. The average Bonchev–Trinajstić information content (AvgIpc) is 2.02. The molecule has 0 saturated heterocycles. The molecule has 0 fully saturated rings. The van der Waals surface area contributed by atoms with Gasteiger partial charge in [0.2, 0.25) is 0 Å². The first kappa shape index (κ1) is 14.4. The minimum atomic E-state index is -4.88. The molecule has 0 heterocycles. The van der Waals surface area contributed by atoms with E-state index in [1.807, 2.05) is 0 Å². The third kappa shape index (κ3) is 3.48. The van der Waals surface area contributed by atoms with E-state index >= 15 is 0 Å². The maximum Gasteiger partial charge on any atom is 0.419 e. The summed E-state index contributed by atoms with van der Waals surface area (Å²) < 4.78 is 48.8. The number of aromatic carboxylic acids is 1. The molecule has 1 N–H and O–H groups in total. The Morgan fingerprint density at radius 1 is 1.27 bits per heavy atom. The molecule has 0 aliphatic heterocycles. The first-order chi connectivity index (χ1) is 6.32. The second kappa shape index (κ2) is 4.96. The molecule has 1 aromatic carbocycles. The molecule has 1 rings (SSSR count). The Hall–Kier alpha value is -0.590. The predicted octanol–water partition coefficient (Wildman–Crippen LogP) is 2.16. The van der Waals surface area contributed by atoms with Crippen molar-refractivity contribution >= 4 is 35.5 Å². The minimum Gasteiger partial charge on any atom is -0.478 e. The van der Waals surface area contributed by atoms with E-state index in [1.165, 1.54) is 0 Å². The van der Waals surface area contributed by atoms with Crippen LogP contribution < -0.4 is 0 Å². The monoisotopic (exact) mass is 231 g/mol. The number of hydrogen-bond donors (Lipinski definition) is 1. The van der Waals surface area contributed by atoms with Crippen molar-refractivity contribution in [2.24, 2.45) is 0 Å². The Labute approximate surface area is 104 Å². The van der Waals surface area contributed by atoms with Gasteiger partial charge in [0.25, 0.3) is 0 Å². The van der Waals surface area contributed by atoms with Gasteiger partial charge in [0.05, 0.1) is 11.1 Å². The summed E-state index contributed by atoms with van der Waals surface area (Å²) in [6.07, 6.45) is -4.88. The summed E-state index contributed by atoms with van der Waals surface area (Å²) >= 11 is 0. The molecule has 2 nitrogen and oxygen atoms in total. The molecule has 0 aliphatic carbocycles. The van der Waals surface area contributed by atoms with Gasteiger partial charge in [-0.25, -0.2) is 9.18 Å². The largest absolute Gasteiger partial charge is 0.478 e. The van der Waals surface area contributed by atoms with Crippen molar-refractivity contribution in [3.8, 4) is 0 Å². The van der Waals surface area contributed by atoms with Crippen LogP contribution in [0, 0.1) is 5.82 Å². The molecule has 7 heteroatoms. The third-order valence-corrected chi connectivity index (χ3v) is 1.52. The zero-order valence-corrected chi connectivity index (χ0v) is 9.60. The van der Waals surface area contributed by atoms with Crippen LogP contribution in [0.1, 0.15) is 15.9 Å². The van der Waals surface area contributed by atoms with E-state index < -0.39 is 29.1 Å². The van der Waals surface area contributed by atoms with Gasteiger partial charge in [-0.2, -0.15) is 13.2 Å². The number of alkyl halides is 3. The molecule has 0 atom stereocenters. The van der Waals surface area contributed by atoms with Crippen LogP contribution in [0.3, 0.4) is 0 Å². The van der Waals surface area contributed by atoms with E-state index in [0.29, 0.717) is 6.07 Å². The van der Waals surface area contributed by atoms with Crippen molar-refractivity contribution in [1.82, 2.24) is 0 Å². The van der Waals surface area contributed by atoms with Crippen molar-refractivity contribution in [1.29, 1.82) is 0 Å². The fraction of sp³-hybridized carbons (Fsp3) is 0.125. The van der Waals surface area contributed by atoms with E-state index in [9.17, 15) is 22.4 Å². The number of hydrogen-bond acceptors (Lipinski definition) is 1. The Bertz CT molecular complexity index is 375. The van der Waals surface area contributed by atoms with Crippen LogP contribution in [-0.2, 0) is 6.18 Å². The fourth-order valence-electron chi connectivity index (χ4n) is 0.876. The van der Waals surface area contributed by atoms with E-state index in [-0.39, 0.29) is 35.6 Å². The summed E-state index contributed by atoms with van der Waals surface area (Å²) in [6.45, 7) is 0. The summed E-state index contributed by atoms with van der Waals surface area (Å²) in [4.78, 5) is 10.3. The smallest absolute Gasteiger partial charge is 0.419 e. The van der Waals surface area contributed by atoms with Crippen LogP contribution in [0.2, 0.25) is 0 Å². The van der Waals surface area contributed by atoms with Crippen LogP contribution >= 0.6 is 0 Å². The van der Waals surface area contributed by atoms with Gasteiger partial charge in [0, 0.05) is 29.6 Å². The Kier molecular flexibility index (Phi) is 4.76. The molecule has 1 radical (unpaired) electrons. The maximum absolute atomic E-state index is 12.6. The molecule has 0 spiro atoms. The zero-order valence-electron chi connectivity index (χ0n) is 7.60. The van der Waals surface area contributed by atoms with E-state index in [4.69, 9.17) is 5.11 Å². The number of rotatable bonds is 1. The predicted molar refractivity (Wildman–Crippen MR) is 44.1 cm³/mol. The summed E-state index contributed by atoms with van der Waals surface area (Å²) in [6, 6.07) is 1.51. The van der Waals surface area contributed by atoms with Gasteiger partial charge in [-0.1, -0.05) is 0 Å². The number of carboxylic acids is 1. The van der Waals surface area contributed by atoms with Crippen LogP contribution in [0.4, 0.5) is 17.6 Å². The minimum absolute atomic E-state index is 0. The zero-order chi connectivity index (χ0) is 10.9. The van der Waals surface area contributed by atoms with Crippen molar-refractivity contribution in [3.05, 3.63) is 35.1 Å². The summed E-state index contributed by atoms with van der Waals surface area (Å²) in [5, 5.41) is 8.38. The van der Waals surface area contributed by atoms with Crippen LogP contribution in [0.5, 0.6) is 0 Å². The molecular weight excluding hydrogens is 227 g/mol. The van der Waals surface area contributed by atoms with Gasteiger partial charge in [-0.3, -0.25) is 0 Å². The van der Waals surface area contributed by atoms with Gasteiger partial charge in [-0.05, 0) is 18.2 Å². The summed E-state index contributed by atoms with van der Waals surface area (Å²) in [5.74, 6) is -3.02. The molecular formula is C8H4F4NaO2. The molecule has 77 valence electrons. The number of carbonyl (C=O) groups is 1. The van der Waals surface area contributed by atoms with Crippen molar-refractivity contribution in [2.75, 3.05) is 0 Å². The van der Waals surface area contributed by atoms with Gasteiger partial charge in [-0.15, -0.1) is 0 Å². The topological polar surface area (TPSA) is 37.3 Å². The van der Waals surface area contributed by atoms with Crippen molar-refractivity contribution in [2.45, 2.75) is 6.18 Å². The first-order valence-electron chi connectivity index (χ1n) is 3.42. The van der Waals surface area contributed by atoms with Gasteiger partial charge in [0.15, 0.2) is 0 Å². The molecule has 0 aliphatic rings. The molecule has 15 heavy (non-hydrogen) atoms.